The first-order valence-corrected chi connectivity index (χ1v) is 2.41. The zero-order valence-corrected chi connectivity index (χ0v) is 9.51. The van der Waals surface area contributed by atoms with Gasteiger partial charge < -0.3 is 17.3 Å². The van der Waals surface area contributed by atoms with Gasteiger partial charge in [-0.25, -0.2) is 0 Å². The molecule has 52 valence electrons. The van der Waals surface area contributed by atoms with Gasteiger partial charge in [0.15, 0.2) is 0 Å². The van der Waals surface area contributed by atoms with Crippen molar-refractivity contribution in [3.63, 3.8) is 0 Å². The molecular weight excluding hydrogens is 344 g/mol. The Balaban J connectivity index is 0. The summed E-state index contributed by atoms with van der Waals surface area (Å²) in [4.78, 5) is 10.1. The molecule has 0 saturated heterocycles. The minimum Gasteiger partial charge on any atom is -0.480 e. The van der Waals surface area contributed by atoms with Crippen molar-refractivity contribution in [3.8, 4) is 0 Å². The summed E-state index contributed by atoms with van der Waals surface area (Å²) in [5.41, 5.74) is 0. The van der Waals surface area contributed by atoms with Crippen molar-refractivity contribution in [1.82, 2.24) is 5.32 Å². The molecule has 3 nitrogen and oxygen atoms in total. The molecule has 0 saturated carbocycles. The molecule has 0 spiro atoms. The van der Waals surface area contributed by atoms with Gasteiger partial charge in [-0.05, 0) is 7.05 Å². The minimum atomic E-state index is -0.845. The largest absolute Gasteiger partial charge is 0.480 e. The van der Waals surface area contributed by atoms with Crippen molar-refractivity contribution in [3.05, 3.63) is 6.92 Å². The molecule has 0 amide bonds. The number of nitrogens with one attached hydrogen (secondary N) is 1. The van der Waals surface area contributed by atoms with Gasteiger partial charge in [0.2, 0.25) is 0 Å². The van der Waals surface area contributed by atoms with Crippen LogP contribution in [-0.2, 0) is 4.79 Å². The van der Waals surface area contributed by atoms with E-state index < -0.39 is 12.0 Å². The van der Waals surface area contributed by atoms with Crippen LogP contribution in [0.5, 0.6) is 0 Å². The minimum absolute atomic E-state index is 0. The van der Waals surface area contributed by atoms with Crippen molar-refractivity contribution in [2.24, 2.45) is 0 Å². The van der Waals surface area contributed by atoms with E-state index in [0.29, 0.717) is 6.42 Å². The molecule has 2 N–H and O–H groups in total. The molecule has 0 aromatic carbocycles. The van der Waals surface area contributed by atoms with E-state index in [4.69, 9.17) is 5.11 Å². The van der Waals surface area contributed by atoms with E-state index >= 15 is 0 Å². The second-order valence-electron chi connectivity index (χ2n) is 1.47. The molecule has 0 aromatic heterocycles. The summed E-state index contributed by atoms with van der Waals surface area (Å²) in [7, 11) is 1.60. The number of carbonyl (C=O) groups is 1. The summed E-state index contributed by atoms with van der Waals surface area (Å²) >= 11 is 0. The molecule has 9 heavy (non-hydrogen) atoms. The Morgan fingerprint density at radius 2 is 2.33 bits per heavy atom. The molecule has 4 heteroatoms. The molecule has 0 bridgehead atoms. The van der Waals surface area contributed by atoms with E-state index in [1.807, 2.05) is 0 Å². The van der Waals surface area contributed by atoms with E-state index in [1.165, 1.54) is 0 Å². The summed E-state index contributed by atoms with van der Waals surface area (Å²) in [6.45, 7) is 3.43. The fourth-order valence-electron chi connectivity index (χ4n) is 0.391. The summed E-state index contributed by atoms with van der Waals surface area (Å²) in [6, 6.07) is -0.491. The summed E-state index contributed by atoms with van der Waals surface area (Å²) < 4.78 is 0. The van der Waals surface area contributed by atoms with Gasteiger partial charge in [-0.2, -0.15) is 6.42 Å². The Morgan fingerprint density at radius 1 is 1.89 bits per heavy atom. The average molecular weight is 354 g/mol. The molecule has 1 unspecified atom stereocenters. The monoisotopic (exact) mass is 354 g/mol. The number of hydrogen-bond donors (Lipinski definition) is 2. The number of hydrogen-bond acceptors (Lipinski definition) is 2. The molecule has 0 rings (SSSR count). The molecule has 0 fully saturated rings. The number of likely N-dealkylation sites (N-methyl/N-ethyl adjacent to an activating group) is 1. The molecule has 0 aromatic rings. The quantitative estimate of drug-likeness (QED) is 0.696. The Morgan fingerprint density at radius 3 is 2.33 bits per heavy atom. The van der Waals surface area contributed by atoms with Crippen LogP contribution in [0.2, 0.25) is 0 Å². The molecule has 1 atom stereocenters. The van der Waals surface area contributed by atoms with E-state index in [2.05, 4.69) is 12.2 Å². The topological polar surface area (TPSA) is 49.3 Å². The van der Waals surface area contributed by atoms with Crippen LogP contribution < -0.4 is 5.32 Å². The normalized spacial score (nSPS) is 11.8. The third kappa shape index (κ3) is 4.95. The number of carboxylic acids is 1. The van der Waals surface area contributed by atoms with Gasteiger partial charge in [0.05, 0.1) is 6.04 Å². The predicted molar refractivity (Wildman–Crippen MR) is 30.5 cm³/mol. The van der Waals surface area contributed by atoms with Crippen molar-refractivity contribution < 1.29 is 41.0 Å². The van der Waals surface area contributed by atoms with Crippen LogP contribution in [0.1, 0.15) is 6.42 Å². The first kappa shape index (κ1) is 12.2. The summed E-state index contributed by atoms with van der Waals surface area (Å²) in [5, 5.41) is 10.9. The zero-order valence-electron chi connectivity index (χ0n) is 5.35. The first-order chi connectivity index (χ1) is 3.72. The van der Waals surface area contributed by atoms with Crippen molar-refractivity contribution in [1.29, 1.82) is 0 Å². The van der Waals surface area contributed by atoms with Gasteiger partial charge in [-0.15, -0.1) is 0 Å². The fourth-order valence-corrected chi connectivity index (χ4v) is 0.391. The molecule has 0 heterocycles. The van der Waals surface area contributed by atoms with Gasteiger partial charge in [-0.1, -0.05) is 0 Å². The predicted octanol–water partition coefficient (Wildman–Crippen LogP) is -0.117. The maximum atomic E-state index is 10.1. The second kappa shape index (κ2) is 6.60. The van der Waals surface area contributed by atoms with Gasteiger partial charge >= 0.3 is 5.97 Å². The van der Waals surface area contributed by atoms with E-state index in [1.54, 1.807) is 7.05 Å². The number of carboxylic acid groups (broad SMARTS) is 1. The third-order valence-electron chi connectivity index (χ3n) is 0.935. The van der Waals surface area contributed by atoms with E-state index in [-0.39, 0.29) is 31.1 Å². The average Bonchev–Trinajstić information content (AvgIpc) is 1.69. The Hall–Kier alpha value is 0.482. The molecular formula is C5H10NO2U-. The van der Waals surface area contributed by atoms with Crippen LogP contribution in [0.3, 0.4) is 0 Å². The van der Waals surface area contributed by atoms with Gasteiger partial charge in [0, 0.05) is 31.1 Å². The number of rotatable bonds is 3. The Bertz CT molecular complexity index is 83.0. The first-order valence-electron chi connectivity index (χ1n) is 2.41. The van der Waals surface area contributed by atoms with Gasteiger partial charge in [0.25, 0.3) is 0 Å². The Labute approximate surface area is 78.6 Å². The Kier molecular flexibility index (Phi) is 8.94. The van der Waals surface area contributed by atoms with Crippen LogP contribution in [0.4, 0.5) is 0 Å². The smallest absolute Gasteiger partial charge is 0.317 e. The van der Waals surface area contributed by atoms with E-state index in [0.717, 1.165) is 0 Å². The molecule has 0 aliphatic heterocycles. The van der Waals surface area contributed by atoms with E-state index in [9.17, 15) is 4.79 Å². The maximum absolute atomic E-state index is 10.1. The summed E-state index contributed by atoms with van der Waals surface area (Å²) in [6.07, 6.45) is 0.381. The van der Waals surface area contributed by atoms with Crippen molar-refractivity contribution >= 4 is 5.97 Å². The van der Waals surface area contributed by atoms with Crippen LogP contribution >= 0.6 is 0 Å². The maximum Gasteiger partial charge on any atom is 0.317 e. The van der Waals surface area contributed by atoms with Gasteiger partial charge in [-0.3, -0.25) is 4.79 Å². The van der Waals surface area contributed by atoms with Crippen molar-refractivity contribution in [2.45, 2.75) is 12.5 Å². The SMILES string of the molecule is [CH2-]CC(NC)C(=O)O.[U]. The van der Waals surface area contributed by atoms with Crippen LogP contribution in [0.25, 0.3) is 0 Å². The van der Waals surface area contributed by atoms with Crippen LogP contribution in [0.15, 0.2) is 0 Å². The van der Waals surface area contributed by atoms with Crippen LogP contribution in [0, 0.1) is 38.0 Å². The van der Waals surface area contributed by atoms with Crippen molar-refractivity contribution in [2.75, 3.05) is 7.05 Å². The molecule has 0 radical (unpaired) electrons. The molecule has 0 aliphatic rings. The zero-order chi connectivity index (χ0) is 6.57. The van der Waals surface area contributed by atoms with Gasteiger partial charge in [0.1, 0.15) is 0 Å². The standard InChI is InChI=1S/C5H10NO2.U/c1-3-4(6-2)5(7)8;/h4,6H,1,3H2,2H3,(H,7,8);/q-1;. The third-order valence-corrected chi connectivity index (χ3v) is 0.935. The number of aliphatic carboxylic acids is 1. The fraction of sp³-hybridized carbons (Fsp3) is 0.600. The summed E-state index contributed by atoms with van der Waals surface area (Å²) in [5.74, 6) is -0.845. The van der Waals surface area contributed by atoms with Crippen LogP contribution in [-0.4, -0.2) is 24.2 Å². The molecule has 0 aliphatic carbocycles. The second-order valence-corrected chi connectivity index (χ2v) is 1.47.